The van der Waals surface area contributed by atoms with Gasteiger partial charge in [-0.2, -0.15) is 4.98 Å². The van der Waals surface area contributed by atoms with Crippen LogP contribution in [-0.4, -0.2) is 15.1 Å². The molecular formula is C10H9N3O. The predicted octanol–water partition coefficient (Wildman–Crippen LogP) is 1.70. The summed E-state index contributed by atoms with van der Waals surface area (Å²) in [5.41, 5.74) is 0.920. The first-order valence-electron chi connectivity index (χ1n) is 4.23. The largest absolute Gasteiger partial charge is 0.335 e. The van der Waals surface area contributed by atoms with Gasteiger partial charge in [0.25, 0.3) is 0 Å². The smallest absolute Gasteiger partial charge is 0.250 e. The average molecular weight is 187 g/mol. The summed E-state index contributed by atoms with van der Waals surface area (Å²) in [5.74, 6) is 1.06. The lowest BCUT2D eigenvalue weighted by atomic mass is 10.3. The quantitative estimate of drug-likeness (QED) is 0.733. The molecule has 70 valence electrons. The van der Waals surface area contributed by atoms with Gasteiger partial charge >= 0.3 is 0 Å². The average Bonchev–Trinajstić information content (AvgIpc) is 2.67. The van der Waals surface area contributed by atoms with Crippen LogP contribution in [0.4, 0.5) is 0 Å². The van der Waals surface area contributed by atoms with Crippen LogP contribution in [-0.2, 0) is 6.42 Å². The molecule has 0 bridgehead atoms. The number of hydrogen-bond acceptors (Lipinski definition) is 4. The maximum absolute atomic E-state index is 4.88. The highest BCUT2D eigenvalue weighted by atomic mass is 16.5. The molecule has 2 rings (SSSR count). The highest BCUT2D eigenvalue weighted by Gasteiger charge is 2.04. The molecule has 2 aromatic heterocycles. The Hall–Kier alpha value is -1.97. The summed E-state index contributed by atoms with van der Waals surface area (Å²) in [6.45, 7) is 3.54. The van der Waals surface area contributed by atoms with Crippen LogP contribution in [0.3, 0.4) is 0 Å². The van der Waals surface area contributed by atoms with Crippen LogP contribution in [0, 0.1) is 0 Å². The van der Waals surface area contributed by atoms with Gasteiger partial charge in [-0.25, -0.2) is 0 Å². The van der Waals surface area contributed by atoms with E-state index in [2.05, 4.69) is 21.7 Å². The van der Waals surface area contributed by atoms with Crippen molar-refractivity contribution in [3.05, 3.63) is 48.4 Å². The van der Waals surface area contributed by atoms with Gasteiger partial charge in [0.1, 0.15) is 0 Å². The second kappa shape index (κ2) is 3.83. The van der Waals surface area contributed by atoms with Crippen molar-refractivity contribution in [3.8, 4) is 0 Å². The molecule has 0 radical (unpaired) electrons. The second-order valence-corrected chi connectivity index (χ2v) is 2.75. The van der Waals surface area contributed by atoms with Gasteiger partial charge in [-0.1, -0.05) is 17.8 Å². The fraction of sp³-hybridized carbons (Fsp3) is 0.100. The first-order valence-corrected chi connectivity index (χ1v) is 4.23. The van der Waals surface area contributed by atoms with Crippen molar-refractivity contribution in [2.45, 2.75) is 6.42 Å². The van der Waals surface area contributed by atoms with Crippen LogP contribution in [0.15, 0.2) is 35.5 Å². The van der Waals surface area contributed by atoms with Crippen molar-refractivity contribution in [1.82, 2.24) is 15.1 Å². The summed E-state index contributed by atoms with van der Waals surface area (Å²) in [6, 6.07) is 5.72. The van der Waals surface area contributed by atoms with Crippen LogP contribution in [0.25, 0.3) is 6.08 Å². The first kappa shape index (κ1) is 8.62. The van der Waals surface area contributed by atoms with Gasteiger partial charge in [0.05, 0.1) is 6.42 Å². The summed E-state index contributed by atoms with van der Waals surface area (Å²) < 4.78 is 4.88. The molecule has 2 heterocycles. The highest BCUT2D eigenvalue weighted by Crippen LogP contribution is 2.04. The molecule has 0 unspecified atom stereocenters. The van der Waals surface area contributed by atoms with E-state index in [4.69, 9.17) is 4.52 Å². The van der Waals surface area contributed by atoms with Gasteiger partial charge < -0.3 is 4.52 Å². The normalized spacial score (nSPS) is 10.0. The van der Waals surface area contributed by atoms with Crippen molar-refractivity contribution >= 4 is 6.08 Å². The van der Waals surface area contributed by atoms with Crippen LogP contribution in [0.1, 0.15) is 17.4 Å². The molecule has 0 atom stereocenters. The molecule has 0 aliphatic rings. The summed E-state index contributed by atoms with van der Waals surface area (Å²) in [7, 11) is 0. The Morgan fingerprint density at radius 2 is 2.36 bits per heavy atom. The molecule has 0 amide bonds. The molecular weight excluding hydrogens is 178 g/mol. The summed E-state index contributed by atoms with van der Waals surface area (Å²) in [5, 5.41) is 3.78. The Balaban J connectivity index is 2.15. The highest BCUT2D eigenvalue weighted by molar-refractivity contribution is 5.32. The third-order valence-corrected chi connectivity index (χ3v) is 1.72. The Kier molecular flexibility index (Phi) is 2.36. The Labute approximate surface area is 81.3 Å². The van der Waals surface area contributed by atoms with Crippen molar-refractivity contribution in [2.75, 3.05) is 0 Å². The fourth-order valence-corrected chi connectivity index (χ4v) is 1.09. The summed E-state index contributed by atoms with van der Waals surface area (Å²) in [4.78, 5) is 8.25. The van der Waals surface area contributed by atoms with E-state index in [0.717, 1.165) is 5.69 Å². The maximum Gasteiger partial charge on any atom is 0.250 e. The number of pyridine rings is 1. The molecule has 0 aliphatic heterocycles. The van der Waals surface area contributed by atoms with Gasteiger partial charge in [-0.15, -0.1) is 0 Å². The molecule has 2 aromatic rings. The predicted molar refractivity (Wildman–Crippen MR) is 51.4 cm³/mol. The van der Waals surface area contributed by atoms with Crippen molar-refractivity contribution in [2.24, 2.45) is 0 Å². The molecule has 14 heavy (non-hydrogen) atoms. The first-order chi connectivity index (χ1) is 6.88. The minimum Gasteiger partial charge on any atom is -0.335 e. The van der Waals surface area contributed by atoms with Gasteiger partial charge in [-0.05, 0) is 18.2 Å². The van der Waals surface area contributed by atoms with Gasteiger partial charge in [0.15, 0.2) is 5.82 Å². The minimum atomic E-state index is 0.441. The number of rotatable bonds is 3. The fourth-order valence-electron chi connectivity index (χ4n) is 1.09. The Morgan fingerprint density at radius 1 is 1.43 bits per heavy atom. The zero-order chi connectivity index (χ0) is 9.80. The summed E-state index contributed by atoms with van der Waals surface area (Å²) >= 11 is 0. The monoisotopic (exact) mass is 187 g/mol. The molecule has 4 nitrogen and oxygen atoms in total. The third-order valence-electron chi connectivity index (χ3n) is 1.72. The van der Waals surface area contributed by atoms with Crippen LogP contribution >= 0.6 is 0 Å². The zero-order valence-electron chi connectivity index (χ0n) is 7.55. The molecule has 0 saturated heterocycles. The van der Waals surface area contributed by atoms with Gasteiger partial charge in [0, 0.05) is 11.9 Å². The van der Waals surface area contributed by atoms with Crippen LogP contribution in [0.5, 0.6) is 0 Å². The van der Waals surface area contributed by atoms with Gasteiger partial charge in [0.2, 0.25) is 5.89 Å². The molecule has 0 saturated carbocycles. The van der Waals surface area contributed by atoms with E-state index >= 15 is 0 Å². The Bertz CT molecular complexity index is 422. The lowest BCUT2D eigenvalue weighted by molar-refractivity contribution is 0.404. The number of hydrogen-bond donors (Lipinski definition) is 0. The Morgan fingerprint density at radius 3 is 3.00 bits per heavy atom. The van der Waals surface area contributed by atoms with Crippen LogP contribution in [0.2, 0.25) is 0 Å². The molecule has 0 aliphatic carbocycles. The van der Waals surface area contributed by atoms with E-state index in [1.165, 1.54) is 6.08 Å². The van der Waals surface area contributed by atoms with Crippen molar-refractivity contribution < 1.29 is 4.52 Å². The minimum absolute atomic E-state index is 0.441. The zero-order valence-corrected chi connectivity index (χ0v) is 7.55. The second-order valence-electron chi connectivity index (χ2n) is 2.75. The molecule has 0 fully saturated rings. The summed E-state index contributed by atoms with van der Waals surface area (Å²) in [6.07, 6.45) is 3.84. The molecule has 4 heteroatoms. The van der Waals surface area contributed by atoms with E-state index < -0.39 is 0 Å². The van der Waals surface area contributed by atoms with E-state index in [1.54, 1.807) is 6.20 Å². The van der Waals surface area contributed by atoms with E-state index in [-0.39, 0.29) is 0 Å². The topological polar surface area (TPSA) is 51.8 Å². The molecule has 0 aromatic carbocycles. The third kappa shape index (κ3) is 1.85. The lowest BCUT2D eigenvalue weighted by Gasteiger charge is -1.92. The molecule has 0 N–H and O–H groups in total. The van der Waals surface area contributed by atoms with Crippen LogP contribution < -0.4 is 0 Å². The number of aromatic nitrogens is 3. The maximum atomic E-state index is 4.88. The van der Waals surface area contributed by atoms with Gasteiger partial charge in [-0.3, -0.25) is 4.98 Å². The standard InChI is InChI=1S/C10H9N3O/c1-2-10-12-9(13-14-10)7-8-5-3-4-6-11-8/h2-6H,1,7H2. The van der Waals surface area contributed by atoms with Crippen molar-refractivity contribution in [1.29, 1.82) is 0 Å². The van der Waals surface area contributed by atoms with E-state index in [1.807, 2.05) is 18.2 Å². The SMILES string of the molecule is C=Cc1nc(Cc2ccccn2)no1. The van der Waals surface area contributed by atoms with Crippen molar-refractivity contribution in [3.63, 3.8) is 0 Å². The molecule has 0 spiro atoms. The van der Waals surface area contributed by atoms with E-state index in [0.29, 0.717) is 18.1 Å². The number of nitrogens with zero attached hydrogens (tertiary/aromatic N) is 3. The van der Waals surface area contributed by atoms with E-state index in [9.17, 15) is 0 Å². The lowest BCUT2D eigenvalue weighted by Crippen LogP contribution is -1.92.